The Morgan fingerprint density at radius 2 is 2.18 bits per heavy atom. The van der Waals surface area contributed by atoms with E-state index in [9.17, 15) is 8.42 Å². The molecule has 0 radical (unpaired) electrons. The number of aryl methyl sites for hydroxylation is 1. The largest absolute Gasteiger partial charge is 0.354 e. The van der Waals surface area contributed by atoms with Gasteiger partial charge in [-0.05, 0) is 31.5 Å². The average molecular weight is 258 g/mol. The highest BCUT2D eigenvalue weighted by molar-refractivity contribution is 7.90. The fourth-order valence-electron chi connectivity index (χ4n) is 1.92. The van der Waals surface area contributed by atoms with Gasteiger partial charge in [-0.1, -0.05) is 6.92 Å². The first-order valence-corrected chi connectivity index (χ1v) is 8.03. The Hall–Kier alpha value is -0.810. The van der Waals surface area contributed by atoms with Gasteiger partial charge in [0.1, 0.15) is 9.84 Å². The van der Waals surface area contributed by atoms with Crippen LogP contribution in [0, 0.1) is 0 Å². The fraction of sp³-hybridized carbons (Fsp3) is 0.667. The maximum Gasteiger partial charge on any atom is 0.147 e. The molecule has 0 amide bonds. The van der Waals surface area contributed by atoms with Crippen molar-refractivity contribution in [3.05, 3.63) is 24.0 Å². The van der Waals surface area contributed by atoms with Gasteiger partial charge in [-0.15, -0.1) is 0 Å². The summed E-state index contributed by atoms with van der Waals surface area (Å²) in [5.74, 6) is 0.254. The second-order valence-electron chi connectivity index (χ2n) is 4.42. The van der Waals surface area contributed by atoms with E-state index in [2.05, 4.69) is 29.1 Å². The lowest BCUT2D eigenvalue weighted by atomic mass is 10.1. The molecule has 17 heavy (non-hydrogen) atoms. The van der Waals surface area contributed by atoms with Crippen molar-refractivity contribution in [3.8, 4) is 0 Å². The third-order valence-electron chi connectivity index (χ3n) is 2.86. The van der Waals surface area contributed by atoms with E-state index < -0.39 is 9.84 Å². The summed E-state index contributed by atoms with van der Waals surface area (Å²) in [4.78, 5) is 0. The van der Waals surface area contributed by atoms with Crippen molar-refractivity contribution in [1.82, 2.24) is 9.88 Å². The molecular formula is C12H22N2O2S. The molecule has 0 aliphatic rings. The highest BCUT2D eigenvalue weighted by atomic mass is 32.2. The first kappa shape index (κ1) is 14.3. The molecule has 1 aromatic rings. The number of rotatable bonds is 7. The predicted molar refractivity (Wildman–Crippen MR) is 70.9 cm³/mol. The van der Waals surface area contributed by atoms with Crippen molar-refractivity contribution in [3.63, 3.8) is 0 Å². The second-order valence-corrected chi connectivity index (χ2v) is 6.68. The standard InChI is InChI=1S/C12H22N2O2S/c1-4-12(13-2)11-6-8-14(10-11)7-5-9-17(3,15)16/h6,8,10,12-13H,4-5,7,9H2,1-3H3. The van der Waals surface area contributed by atoms with Crippen LogP contribution >= 0.6 is 0 Å². The Morgan fingerprint density at radius 1 is 1.47 bits per heavy atom. The molecule has 1 N–H and O–H groups in total. The second kappa shape index (κ2) is 6.21. The van der Waals surface area contributed by atoms with Crippen LogP contribution < -0.4 is 5.32 Å². The molecular weight excluding hydrogens is 236 g/mol. The van der Waals surface area contributed by atoms with Crippen molar-refractivity contribution in [1.29, 1.82) is 0 Å². The molecule has 5 heteroatoms. The topological polar surface area (TPSA) is 51.1 Å². The summed E-state index contributed by atoms with van der Waals surface area (Å²) in [6, 6.07) is 2.47. The summed E-state index contributed by atoms with van der Waals surface area (Å²) in [6.45, 7) is 2.90. The minimum absolute atomic E-state index is 0.254. The van der Waals surface area contributed by atoms with Gasteiger partial charge in [0.2, 0.25) is 0 Å². The van der Waals surface area contributed by atoms with Gasteiger partial charge in [0.05, 0.1) is 5.75 Å². The summed E-state index contributed by atoms with van der Waals surface area (Å²) >= 11 is 0. The van der Waals surface area contributed by atoms with Crippen LogP contribution in [0.1, 0.15) is 31.4 Å². The first-order valence-electron chi connectivity index (χ1n) is 5.97. The summed E-state index contributed by atoms with van der Waals surface area (Å²) in [5, 5.41) is 3.25. The van der Waals surface area contributed by atoms with Gasteiger partial charge < -0.3 is 9.88 Å². The molecule has 0 saturated heterocycles. The zero-order chi connectivity index (χ0) is 12.9. The van der Waals surface area contributed by atoms with E-state index >= 15 is 0 Å². The van der Waals surface area contributed by atoms with Gasteiger partial charge in [-0.2, -0.15) is 0 Å². The van der Waals surface area contributed by atoms with E-state index in [1.165, 1.54) is 11.8 Å². The molecule has 98 valence electrons. The van der Waals surface area contributed by atoms with Crippen LogP contribution in [0.15, 0.2) is 18.5 Å². The zero-order valence-corrected chi connectivity index (χ0v) is 11.6. The minimum Gasteiger partial charge on any atom is -0.354 e. The molecule has 1 heterocycles. The Morgan fingerprint density at radius 3 is 2.71 bits per heavy atom. The van der Waals surface area contributed by atoms with E-state index in [4.69, 9.17) is 0 Å². The molecule has 0 fully saturated rings. The molecule has 1 aromatic heterocycles. The predicted octanol–water partition coefficient (Wildman–Crippen LogP) is 1.59. The fourth-order valence-corrected chi connectivity index (χ4v) is 2.57. The Kier molecular flexibility index (Phi) is 5.21. The number of hydrogen-bond acceptors (Lipinski definition) is 3. The van der Waals surface area contributed by atoms with Crippen LogP contribution in [0.2, 0.25) is 0 Å². The van der Waals surface area contributed by atoms with Gasteiger partial charge in [-0.25, -0.2) is 8.42 Å². The molecule has 0 spiro atoms. The summed E-state index contributed by atoms with van der Waals surface area (Å²) in [6.07, 6.45) is 7.10. The van der Waals surface area contributed by atoms with Crippen LogP contribution in [0.3, 0.4) is 0 Å². The van der Waals surface area contributed by atoms with Crippen molar-refractivity contribution in [2.45, 2.75) is 32.4 Å². The van der Waals surface area contributed by atoms with E-state index in [-0.39, 0.29) is 5.75 Å². The van der Waals surface area contributed by atoms with Crippen LogP contribution in [0.4, 0.5) is 0 Å². The van der Waals surface area contributed by atoms with Crippen molar-refractivity contribution >= 4 is 9.84 Å². The number of nitrogens with zero attached hydrogens (tertiary/aromatic N) is 1. The summed E-state index contributed by atoms with van der Waals surface area (Å²) in [5.41, 5.74) is 1.26. The lowest BCUT2D eigenvalue weighted by Crippen LogP contribution is -2.14. The van der Waals surface area contributed by atoms with Gasteiger partial charge in [0.25, 0.3) is 0 Å². The number of aromatic nitrogens is 1. The third-order valence-corrected chi connectivity index (χ3v) is 3.89. The smallest absolute Gasteiger partial charge is 0.147 e. The zero-order valence-electron chi connectivity index (χ0n) is 10.8. The Balaban J connectivity index is 2.51. The normalized spacial score (nSPS) is 13.8. The van der Waals surface area contributed by atoms with Crippen molar-refractivity contribution < 1.29 is 8.42 Å². The van der Waals surface area contributed by atoms with Gasteiger partial charge in [0, 0.05) is 31.2 Å². The first-order chi connectivity index (χ1) is 7.96. The van der Waals surface area contributed by atoms with Crippen molar-refractivity contribution in [2.75, 3.05) is 19.1 Å². The molecule has 1 rings (SSSR count). The van der Waals surface area contributed by atoms with Crippen LogP contribution in [-0.2, 0) is 16.4 Å². The monoisotopic (exact) mass is 258 g/mol. The molecule has 0 aliphatic heterocycles. The quantitative estimate of drug-likeness (QED) is 0.808. The van der Waals surface area contributed by atoms with E-state index in [1.54, 1.807) is 0 Å². The maximum atomic E-state index is 11.0. The number of sulfone groups is 1. The highest BCUT2D eigenvalue weighted by Gasteiger charge is 2.08. The highest BCUT2D eigenvalue weighted by Crippen LogP contribution is 2.16. The lowest BCUT2D eigenvalue weighted by Gasteiger charge is -2.11. The van der Waals surface area contributed by atoms with E-state index in [0.717, 1.165) is 13.0 Å². The Labute approximate surface area is 104 Å². The minimum atomic E-state index is -2.84. The van der Waals surface area contributed by atoms with E-state index in [1.807, 2.05) is 13.2 Å². The van der Waals surface area contributed by atoms with Crippen LogP contribution in [0.25, 0.3) is 0 Å². The molecule has 1 atom stereocenters. The summed E-state index contributed by atoms with van der Waals surface area (Å²) in [7, 11) is -0.885. The van der Waals surface area contributed by atoms with Crippen LogP contribution in [-0.4, -0.2) is 32.0 Å². The average Bonchev–Trinajstić information content (AvgIpc) is 2.67. The molecule has 0 bridgehead atoms. The van der Waals surface area contributed by atoms with Gasteiger partial charge in [-0.3, -0.25) is 0 Å². The maximum absolute atomic E-state index is 11.0. The molecule has 4 nitrogen and oxygen atoms in total. The SMILES string of the molecule is CCC(NC)c1ccn(CCCS(C)(=O)=O)c1. The van der Waals surface area contributed by atoms with Crippen LogP contribution in [0.5, 0.6) is 0 Å². The lowest BCUT2D eigenvalue weighted by molar-refractivity contribution is 0.572. The van der Waals surface area contributed by atoms with Crippen molar-refractivity contribution in [2.24, 2.45) is 0 Å². The summed E-state index contributed by atoms with van der Waals surface area (Å²) < 4.78 is 24.1. The van der Waals surface area contributed by atoms with Gasteiger partial charge in [0.15, 0.2) is 0 Å². The van der Waals surface area contributed by atoms with E-state index in [0.29, 0.717) is 12.5 Å². The molecule has 0 aliphatic carbocycles. The number of hydrogen-bond donors (Lipinski definition) is 1. The number of nitrogens with one attached hydrogen (secondary N) is 1. The molecule has 1 unspecified atom stereocenters. The molecule has 0 aromatic carbocycles. The Bertz CT molecular complexity index is 433. The molecule has 0 saturated carbocycles. The third kappa shape index (κ3) is 4.91. The van der Waals surface area contributed by atoms with Gasteiger partial charge >= 0.3 is 0 Å².